The quantitative estimate of drug-likeness (QED) is 0.354. The van der Waals surface area contributed by atoms with Gasteiger partial charge < -0.3 is 14.2 Å². The molecule has 1 atom stereocenters. The van der Waals surface area contributed by atoms with E-state index in [0.29, 0.717) is 24.6 Å². The molecule has 25 heavy (non-hydrogen) atoms. The van der Waals surface area contributed by atoms with Crippen molar-refractivity contribution in [3.8, 4) is 11.5 Å². The number of ether oxygens (including phenoxy) is 1. The number of allylic oxidation sites excluding steroid dienone is 2. The average molecular weight is 369 g/mol. The summed E-state index contributed by atoms with van der Waals surface area (Å²) in [6.07, 6.45) is 7.68. The molecule has 0 saturated heterocycles. The van der Waals surface area contributed by atoms with Gasteiger partial charge in [-0.25, -0.2) is 0 Å². The van der Waals surface area contributed by atoms with Gasteiger partial charge >= 0.3 is 11.4 Å². The third-order valence-corrected chi connectivity index (χ3v) is 3.75. The number of methoxy groups -OCH3 is 1. The molecule has 0 spiro atoms. The van der Waals surface area contributed by atoms with Gasteiger partial charge in [0.25, 0.3) is 0 Å². The summed E-state index contributed by atoms with van der Waals surface area (Å²) < 4.78 is 29.3. The Morgan fingerprint density at radius 3 is 2.72 bits per heavy atom. The average Bonchev–Trinajstić information content (AvgIpc) is 2.56. The van der Waals surface area contributed by atoms with Crippen LogP contribution in [-0.2, 0) is 22.7 Å². The van der Waals surface area contributed by atoms with Gasteiger partial charge in [-0.05, 0) is 42.9 Å². The van der Waals surface area contributed by atoms with Crippen molar-refractivity contribution in [3.63, 3.8) is 0 Å². The number of hydrogen-bond donors (Lipinski definition) is 2. The standard InChI is InChI=1S/C18H27NO5S/c1-14(2)8-6-4-5-7-9-18(20)19-13-15-10-11-16(24-25(21)22)17(12-15)23-3/h6,8,10-12,14H,4-5,7,9,13H2,1-3H3,(H,19,20)(H,21,22)/b8-6-. The maximum atomic E-state index is 11.9. The van der Waals surface area contributed by atoms with Crippen LogP contribution in [0, 0.1) is 5.92 Å². The third kappa shape index (κ3) is 9.26. The minimum atomic E-state index is -2.41. The van der Waals surface area contributed by atoms with Gasteiger partial charge in [-0.3, -0.25) is 9.35 Å². The lowest BCUT2D eigenvalue weighted by Crippen LogP contribution is -2.22. The number of carbonyl (C=O) groups excluding carboxylic acids is 1. The zero-order valence-corrected chi connectivity index (χ0v) is 15.8. The van der Waals surface area contributed by atoms with Crippen LogP contribution in [0.25, 0.3) is 0 Å². The van der Waals surface area contributed by atoms with E-state index in [0.717, 1.165) is 24.8 Å². The highest BCUT2D eigenvalue weighted by atomic mass is 32.2. The van der Waals surface area contributed by atoms with E-state index in [1.165, 1.54) is 13.2 Å². The summed E-state index contributed by atoms with van der Waals surface area (Å²) in [6.45, 7) is 4.65. The first kappa shape index (κ1) is 21.2. The summed E-state index contributed by atoms with van der Waals surface area (Å²) in [4.78, 5) is 11.9. The summed E-state index contributed by atoms with van der Waals surface area (Å²) in [6, 6.07) is 4.91. The van der Waals surface area contributed by atoms with E-state index in [1.807, 2.05) is 0 Å². The molecule has 0 radical (unpaired) electrons. The van der Waals surface area contributed by atoms with Crippen LogP contribution in [0.5, 0.6) is 11.5 Å². The van der Waals surface area contributed by atoms with Gasteiger partial charge in [0.05, 0.1) is 7.11 Å². The molecule has 0 aromatic heterocycles. The maximum absolute atomic E-state index is 11.9. The normalized spacial score (nSPS) is 12.4. The molecule has 2 N–H and O–H groups in total. The van der Waals surface area contributed by atoms with Gasteiger partial charge in [0.15, 0.2) is 11.5 Å². The zero-order valence-electron chi connectivity index (χ0n) is 15.0. The second kappa shape index (κ2) is 11.7. The van der Waals surface area contributed by atoms with E-state index in [4.69, 9.17) is 13.5 Å². The van der Waals surface area contributed by atoms with Crippen LogP contribution in [0.2, 0.25) is 0 Å². The molecule has 0 aliphatic carbocycles. The predicted octanol–water partition coefficient (Wildman–Crippen LogP) is 3.60. The first-order valence-electron chi connectivity index (χ1n) is 8.31. The second-order valence-corrected chi connectivity index (χ2v) is 6.58. The van der Waals surface area contributed by atoms with Crippen LogP contribution in [0.3, 0.4) is 0 Å². The van der Waals surface area contributed by atoms with Crippen LogP contribution in [-0.4, -0.2) is 21.8 Å². The lowest BCUT2D eigenvalue weighted by atomic mass is 10.1. The van der Waals surface area contributed by atoms with Gasteiger partial charge in [0.2, 0.25) is 5.91 Å². The highest BCUT2D eigenvalue weighted by molar-refractivity contribution is 7.74. The first-order valence-corrected chi connectivity index (χ1v) is 9.35. The van der Waals surface area contributed by atoms with E-state index in [1.54, 1.807) is 12.1 Å². The Kier molecular flexibility index (Phi) is 9.87. The summed E-state index contributed by atoms with van der Waals surface area (Å²) in [7, 11) is 1.44. The minimum absolute atomic E-state index is 0.00333. The van der Waals surface area contributed by atoms with Crippen LogP contribution in [0.1, 0.15) is 45.1 Å². The number of hydrogen-bond acceptors (Lipinski definition) is 4. The van der Waals surface area contributed by atoms with E-state index < -0.39 is 11.4 Å². The van der Waals surface area contributed by atoms with Crippen molar-refractivity contribution in [2.24, 2.45) is 5.92 Å². The van der Waals surface area contributed by atoms with Crippen LogP contribution in [0.15, 0.2) is 30.4 Å². The monoisotopic (exact) mass is 369 g/mol. The van der Waals surface area contributed by atoms with Crippen LogP contribution >= 0.6 is 0 Å². The summed E-state index contributed by atoms with van der Waals surface area (Å²) in [5.41, 5.74) is 0.820. The maximum Gasteiger partial charge on any atom is 0.357 e. The molecule has 6 nitrogen and oxygen atoms in total. The molecule has 1 unspecified atom stereocenters. The molecular formula is C18H27NO5S. The molecule has 0 heterocycles. The lowest BCUT2D eigenvalue weighted by Gasteiger charge is -2.10. The lowest BCUT2D eigenvalue weighted by molar-refractivity contribution is -0.121. The Morgan fingerprint density at radius 1 is 1.32 bits per heavy atom. The topological polar surface area (TPSA) is 84.9 Å². The summed E-state index contributed by atoms with van der Waals surface area (Å²) in [5.74, 6) is 1.08. The first-order chi connectivity index (χ1) is 11.9. The Bertz CT molecular complexity index is 601. The smallest absolute Gasteiger partial charge is 0.357 e. The van der Waals surface area contributed by atoms with Crippen molar-refractivity contribution in [2.45, 2.75) is 46.1 Å². The van der Waals surface area contributed by atoms with Crippen LogP contribution in [0.4, 0.5) is 0 Å². The van der Waals surface area contributed by atoms with Crippen molar-refractivity contribution in [1.82, 2.24) is 5.32 Å². The van der Waals surface area contributed by atoms with E-state index in [9.17, 15) is 9.00 Å². The van der Waals surface area contributed by atoms with Crippen molar-refractivity contribution in [2.75, 3.05) is 7.11 Å². The Balaban J connectivity index is 2.37. The van der Waals surface area contributed by atoms with E-state index in [-0.39, 0.29) is 11.7 Å². The number of benzene rings is 1. The number of nitrogens with one attached hydrogen (secondary N) is 1. The highest BCUT2D eigenvalue weighted by Crippen LogP contribution is 2.28. The van der Waals surface area contributed by atoms with Crippen LogP contribution < -0.4 is 14.2 Å². The number of amides is 1. The fourth-order valence-electron chi connectivity index (χ4n) is 2.17. The van der Waals surface area contributed by atoms with E-state index >= 15 is 0 Å². The zero-order chi connectivity index (χ0) is 18.7. The molecule has 0 aliphatic heterocycles. The third-order valence-electron chi connectivity index (χ3n) is 3.42. The molecule has 7 heteroatoms. The van der Waals surface area contributed by atoms with Gasteiger partial charge in [-0.2, -0.15) is 4.21 Å². The Hall–Kier alpha value is -1.86. The van der Waals surface area contributed by atoms with Crippen molar-refractivity contribution < 1.29 is 22.5 Å². The molecule has 1 aromatic rings. The molecule has 0 fully saturated rings. The van der Waals surface area contributed by atoms with Gasteiger partial charge in [0, 0.05) is 13.0 Å². The number of unbranched alkanes of at least 4 members (excludes halogenated alkanes) is 2. The van der Waals surface area contributed by atoms with Gasteiger partial charge in [0.1, 0.15) is 0 Å². The molecular weight excluding hydrogens is 342 g/mol. The highest BCUT2D eigenvalue weighted by Gasteiger charge is 2.09. The van der Waals surface area contributed by atoms with Gasteiger partial charge in [-0.15, -0.1) is 0 Å². The minimum Gasteiger partial charge on any atom is -0.493 e. The second-order valence-electron chi connectivity index (χ2n) is 5.98. The fraction of sp³-hybridized carbons (Fsp3) is 0.500. The molecule has 0 bridgehead atoms. The molecule has 1 rings (SSSR count). The molecule has 0 saturated carbocycles. The SMILES string of the molecule is COc1cc(CNC(=O)CCCC/C=C\C(C)C)ccc1OS(=O)O. The summed E-state index contributed by atoms with van der Waals surface area (Å²) >= 11 is -2.41. The van der Waals surface area contributed by atoms with E-state index in [2.05, 4.69) is 31.3 Å². The predicted molar refractivity (Wildman–Crippen MR) is 98.7 cm³/mol. The molecule has 0 aliphatic rings. The largest absolute Gasteiger partial charge is 0.493 e. The number of rotatable bonds is 11. The van der Waals surface area contributed by atoms with Crippen molar-refractivity contribution >= 4 is 17.3 Å². The molecule has 140 valence electrons. The fourth-order valence-corrected chi connectivity index (χ4v) is 2.46. The van der Waals surface area contributed by atoms with Crippen molar-refractivity contribution in [1.29, 1.82) is 0 Å². The Labute approximate surface area is 152 Å². The molecule has 1 aromatic carbocycles. The Morgan fingerprint density at radius 2 is 2.08 bits per heavy atom. The van der Waals surface area contributed by atoms with Crippen molar-refractivity contribution in [3.05, 3.63) is 35.9 Å². The van der Waals surface area contributed by atoms with Gasteiger partial charge in [-0.1, -0.05) is 32.1 Å². The summed E-state index contributed by atoms with van der Waals surface area (Å²) in [5, 5.41) is 2.86. The molecule has 1 amide bonds. The number of carbonyl (C=O) groups is 1.